The van der Waals surface area contributed by atoms with Crippen molar-refractivity contribution in [2.24, 2.45) is 11.8 Å². The van der Waals surface area contributed by atoms with Gasteiger partial charge >= 0.3 is 0 Å². The molecule has 2 saturated heterocycles. The van der Waals surface area contributed by atoms with Gasteiger partial charge in [0.05, 0.1) is 11.6 Å². The van der Waals surface area contributed by atoms with Crippen LogP contribution in [0.1, 0.15) is 41.0 Å². The molecule has 2 aliphatic heterocycles. The fourth-order valence-electron chi connectivity index (χ4n) is 5.21. The molecule has 3 aromatic rings. The van der Waals surface area contributed by atoms with Crippen LogP contribution in [0.5, 0.6) is 0 Å². The van der Waals surface area contributed by atoms with Crippen molar-refractivity contribution in [3.8, 4) is 17.2 Å². The number of carbonyl (C=O) groups excluding carboxylic acids is 2. The summed E-state index contributed by atoms with van der Waals surface area (Å²) in [4.78, 5) is 33.6. The lowest BCUT2D eigenvalue weighted by Crippen LogP contribution is -2.32. The van der Waals surface area contributed by atoms with Gasteiger partial charge in [-0.1, -0.05) is 30.3 Å². The molecule has 2 atom stereocenters. The third kappa shape index (κ3) is 4.46. The van der Waals surface area contributed by atoms with E-state index < -0.39 is 0 Å². The van der Waals surface area contributed by atoms with Crippen molar-refractivity contribution in [2.75, 3.05) is 24.5 Å². The highest BCUT2D eigenvalue weighted by atomic mass is 32.1. The predicted octanol–water partition coefficient (Wildman–Crippen LogP) is 4.98. The van der Waals surface area contributed by atoms with E-state index in [4.69, 9.17) is 0 Å². The Morgan fingerprint density at radius 2 is 1.88 bits per heavy atom. The van der Waals surface area contributed by atoms with Crippen molar-refractivity contribution in [1.29, 1.82) is 5.26 Å². The summed E-state index contributed by atoms with van der Waals surface area (Å²) < 4.78 is 0. The standard InChI is InChI=1S/C27H26N4O2S/c28-17-21-4-1-2-6-24(21)20-7-9-23(10-8-20)31-18-22(16-25(31)32)19-5-3-13-30(14-11-19)27(33)26-29-12-15-34-26/h1-2,4,6-10,12,15,19,22H,3,5,11,13-14,16,18H2. The lowest BCUT2D eigenvalue weighted by molar-refractivity contribution is -0.117. The van der Waals surface area contributed by atoms with Gasteiger partial charge < -0.3 is 9.80 Å². The van der Waals surface area contributed by atoms with Gasteiger partial charge in [-0.3, -0.25) is 9.59 Å². The molecule has 2 aromatic carbocycles. The van der Waals surface area contributed by atoms with Crippen molar-refractivity contribution in [1.82, 2.24) is 9.88 Å². The van der Waals surface area contributed by atoms with Crippen LogP contribution in [0.2, 0.25) is 0 Å². The van der Waals surface area contributed by atoms with Crippen LogP contribution in [0.15, 0.2) is 60.1 Å². The lowest BCUT2D eigenvalue weighted by atomic mass is 9.86. The predicted molar refractivity (Wildman–Crippen MR) is 132 cm³/mol. The maximum absolute atomic E-state index is 12.9. The van der Waals surface area contributed by atoms with Gasteiger partial charge in [-0.15, -0.1) is 11.3 Å². The van der Waals surface area contributed by atoms with Crippen LogP contribution in [0.4, 0.5) is 5.69 Å². The van der Waals surface area contributed by atoms with Crippen molar-refractivity contribution in [2.45, 2.75) is 25.7 Å². The van der Waals surface area contributed by atoms with E-state index in [0.717, 1.165) is 55.7 Å². The largest absolute Gasteiger partial charge is 0.337 e. The maximum atomic E-state index is 12.9. The number of carbonyl (C=O) groups is 2. The van der Waals surface area contributed by atoms with Gasteiger partial charge in [0, 0.05) is 43.3 Å². The first-order valence-electron chi connectivity index (χ1n) is 11.7. The summed E-state index contributed by atoms with van der Waals surface area (Å²) in [6.45, 7) is 2.20. The molecule has 0 spiro atoms. The highest BCUT2D eigenvalue weighted by Crippen LogP contribution is 2.36. The number of anilines is 1. The second-order valence-corrected chi connectivity index (χ2v) is 9.89. The lowest BCUT2D eigenvalue weighted by Gasteiger charge is -2.23. The molecular weight excluding hydrogens is 444 g/mol. The van der Waals surface area contributed by atoms with E-state index in [-0.39, 0.29) is 11.8 Å². The number of benzene rings is 2. The van der Waals surface area contributed by atoms with Gasteiger partial charge in [-0.05, 0) is 60.4 Å². The SMILES string of the molecule is N#Cc1ccccc1-c1ccc(N2CC(C3CCCN(C(=O)c4nccs4)CC3)CC2=O)cc1. The third-order valence-electron chi connectivity index (χ3n) is 7.03. The van der Waals surface area contributed by atoms with E-state index >= 15 is 0 Å². The van der Waals surface area contributed by atoms with E-state index in [1.165, 1.54) is 11.3 Å². The van der Waals surface area contributed by atoms with Gasteiger partial charge in [0.15, 0.2) is 5.01 Å². The highest BCUT2D eigenvalue weighted by Gasteiger charge is 2.36. The molecule has 172 valence electrons. The number of thiazole rings is 1. The first-order chi connectivity index (χ1) is 16.6. The molecule has 2 fully saturated rings. The minimum absolute atomic E-state index is 0.0258. The van der Waals surface area contributed by atoms with Crippen LogP contribution in [0, 0.1) is 23.2 Å². The minimum Gasteiger partial charge on any atom is -0.337 e. The van der Waals surface area contributed by atoms with Crippen molar-refractivity contribution < 1.29 is 9.59 Å². The Kier molecular flexibility index (Phi) is 6.41. The van der Waals surface area contributed by atoms with Crippen LogP contribution < -0.4 is 4.90 Å². The number of hydrogen-bond acceptors (Lipinski definition) is 5. The van der Waals surface area contributed by atoms with Crippen LogP contribution in [-0.2, 0) is 4.79 Å². The molecule has 0 radical (unpaired) electrons. The summed E-state index contributed by atoms with van der Waals surface area (Å²) in [6, 6.07) is 17.7. The average molecular weight is 471 g/mol. The zero-order valence-corrected chi connectivity index (χ0v) is 19.7. The Morgan fingerprint density at radius 3 is 2.65 bits per heavy atom. The molecule has 1 aromatic heterocycles. The van der Waals surface area contributed by atoms with E-state index in [0.29, 0.717) is 28.8 Å². The first-order valence-corrected chi connectivity index (χ1v) is 12.6. The normalized spacial score (nSPS) is 20.7. The van der Waals surface area contributed by atoms with Gasteiger partial charge in [0.25, 0.3) is 5.91 Å². The summed E-state index contributed by atoms with van der Waals surface area (Å²) in [5.41, 5.74) is 3.42. The Labute approximate surface area is 203 Å². The van der Waals surface area contributed by atoms with Crippen LogP contribution >= 0.6 is 11.3 Å². The van der Waals surface area contributed by atoms with E-state index in [1.807, 2.05) is 63.7 Å². The minimum atomic E-state index is 0.0258. The van der Waals surface area contributed by atoms with E-state index in [2.05, 4.69) is 11.1 Å². The van der Waals surface area contributed by atoms with Crippen LogP contribution in [0.25, 0.3) is 11.1 Å². The maximum Gasteiger partial charge on any atom is 0.282 e. The molecule has 2 aliphatic rings. The average Bonchev–Trinajstić information content (AvgIpc) is 3.48. The molecule has 0 bridgehead atoms. The van der Waals surface area contributed by atoms with Crippen LogP contribution in [0.3, 0.4) is 0 Å². The molecular formula is C27H26N4O2S. The third-order valence-corrected chi connectivity index (χ3v) is 7.80. The molecule has 0 saturated carbocycles. The Hall–Kier alpha value is -3.50. The highest BCUT2D eigenvalue weighted by molar-refractivity contribution is 7.11. The summed E-state index contributed by atoms with van der Waals surface area (Å²) >= 11 is 1.39. The molecule has 7 heteroatoms. The second kappa shape index (κ2) is 9.78. The fourth-order valence-corrected chi connectivity index (χ4v) is 5.82. The Bertz CT molecular complexity index is 1220. The summed E-state index contributed by atoms with van der Waals surface area (Å²) in [5.74, 6) is 0.930. The molecule has 2 amide bonds. The summed E-state index contributed by atoms with van der Waals surface area (Å²) in [7, 11) is 0. The molecule has 2 unspecified atom stereocenters. The number of rotatable bonds is 4. The molecule has 3 heterocycles. The number of likely N-dealkylation sites (tertiary alicyclic amines) is 1. The number of nitriles is 1. The van der Waals surface area contributed by atoms with Crippen molar-refractivity contribution in [3.05, 3.63) is 70.7 Å². The zero-order chi connectivity index (χ0) is 23.5. The summed E-state index contributed by atoms with van der Waals surface area (Å²) in [6.07, 6.45) is 5.15. The molecule has 6 nitrogen and oxygen atoms in total. The molecule has 34 heavy (non-hydrogen) atoms. The smallest absolute Gasteiger partial charge is 0.282 e. The number of aromatic nitrogens is 1. The van der Waals surface area contributed by atoms with Crippen molar-refractivity contribution >= 4 is 28.8 Å². The molecule has 0 N–H and O–H groups in total. The van der Waals surface area contributed by atoms with Gasteiger partial charge in [-0.2, -0.15) is 5.26 Å². The van der Waals surface area contributed by atoms with E-state index in [1.54, 1.807) is 6.20 Å². The number of hydrogen-bond donors (Lipinski definition) is 0. The van der Waals surface area contributed by atoms with Crippen molar-refractivity contribution in [3.63, 3.8) is 0 Å². The first kappa shape index (κ1) is 22.3. The monoisotopic (exact) mass is 470 g/mol. The fraction of sp³-hybridized carbons (Fsp3) is 0.333. The van der Waals surface area contributed by atoms with Gasteiger partial charge in [0.1, 0.15) is 0 Å². The zero-order valence-electron chi connectivity index (χ0n) is 18.9. The van der Waals surface area contributed by atoms with Gasteiger partial charge in [-0.25, -0.2) is 4.98 Å². The number of amides is 2. The second-order valence-electron chi connectivity index (χ2n) is 8.99. The molecule has 5 rings (SSSR count). The Balaban J connectivity index is 1.24. The van der Waals surface area contributed by atoms with Gasteiger partial charge in [0.2, 0.25) is 5.91 Å². The topological polar surface area (TPSA) is 77.3 Å². The number of nitrogens with zero attached hydrogens (tertiary/aromatic N) is 4. The molecule has 0 aliphatic carbocycles. The Morgan fingerprint density at radius 1 is 1.06 bits per heavy atom. The van der Waals surface area contributed by atoms with E-state index in [9.17, 15) is 14.9 Å². The quantitative estimate of drug-likeness (QED) is 0.539. The van der Waals surface area contributed by atoms with Crippen LogP contribution in [-0.4, -0.2) is 41.3 Å². The summed E-state index contributed by atoms with van der Waals surface area (Å²) in [5, 5.41) is 11.8.